The van der Waals surface area contributed by atoms with Gasteiger partial charge in [0.05, 0.1) is 5.03 Å². The van der Waals surface area contributed by atoms with Gasteiger partial charge in [0, 0.05) is 6.07 Å². The van der Waals surface area contributed by atoms with Gasteiger partial charge in [0.25, 0.3) is 3.92 Å². The Balaban J connectivity index is 3.21. The van der Waals surface area contributed by atoms with Crippen LogP contribution in [0, 0.1) is 0 Å². The lowest BCUT2D eigenvalue weighted by Gasteiger charge is -2.15. The first-order chi connectivity index (χ1) is 4.93. The van der Waals surface area contributed by atoms with Crippen molar-refractivity contribution in [2.24, 2.45) is 0 Å². The quantitative estimate of drug-likeness (QED) is 0.522. The molecular formula is C5H4Cl3NOS. The van der Waals surface area contributed by atoms with Crippen molar-refractivity contribution in [2.45, 2.75) is 8.94 Å². The molecule has 1 aromatic heterocycles. The van der Waals surface area contributed by atoms with Gasteiger partial charge >= 0.3 is 0 Å². The van der Waals surface area contributed by atoms with E-state index in [1.807, 2.05) is 0 Å². The third kappa shape index (κ3) is 1.90. The Morgan fingerprint density at radius 2 is 1.91 bits per heavy atom. The molecule has 0 aliphatic carbocycles. The van der Waals surface area contributed by atoms with Crippen molar-refractivity contribution in [1.82, 2.24) is 4.57 Å². The highest BCUT2D eigenvalue weighted by Gasteiger charge is 2.26. The van der Waals surface area contributed by atoms with Crippen molar-refractivity contribution in [3.05, 3.63) is 12.1 Å². The molecule has 6 heteroatoms. The Labute approximate surface area is 84.1 Å². The number of rotatable bonds is 0. The summed E-state index contributed by atoms with van der Waals surface area (Å²) in [5.74, 6) is -0.130. The molecule has 11 heavy (non-hydrogen) atoms. The predicted molar refractivity (Wildman–Crippen MR) is 48.9 cm³/mol. The van der Waals surface area contributed by atoms with Crippen molar-refractivity contribution >= 4 is 47.4 Å². The highest BCUT2D eigenvalue weighted by Crippen LogP contribution is 2.38. The summed E-state index contributed by atoms with van der Waals surface area (Å²) in [7, 11) is 0. The van der Waals surface area contributed by atoms with Crippen LogP contribution in [0.2, 0.25) is 0 Å². The predicted octanol–water partition coefficient (Wildman–Crippen LogP) is 2.77. The third-order valence-electron chi connectivity index (χ3n) is 1.09. The lowest BCUT2D eigenvalue weighted by molar-refractivity contribution is 0.413. The van der Waals surface area contributed by atoms with Crippen molar-refractivity contribution in [3.8, 4) is 5.88 Å². The summed E-state index contributed by atoms with van der Waals surface area (Å²) in [6.07, 6.45) is 0. The standard InChI is InChI=1S/C5H4Cl3NOS/c6-5(7,8)9-3(10)1-2-4(9)11/h1-2,10-11H. The van der Waals surface area contributed by atoms with Gasteiger partial charge in [-0.05, 0) is 6.07 Å². The molecule has 0 unspecified atom stereocenters. The molecular weight excluding hydrogens is 228 g/mol. The number of aromatic hydroxyl groups is 1. The van der Waals surface area contributed by atoms with Crippen LogP contribution in [-0.4, -0.2) is 9.67 Å². The van der Waals surface area contributed by atoms with Crippen LogP contribution in [-0.2, 0) is 3.92 Å². The minimum Gasteiger partial charge on any atom is -0.494 e. The Kier molecular flexibility index (Phi) is 2.54. The van der Waals surface area contributed by atoms with Crippen molar-refractivity contribution < 1.29 is 5.11 Å². The number of nitrogens with zero attached hydrogens (tertiary/aromatic N) is 1. The second-order valence-corrected chi connectivity index (χ2v) is 4.53. The molecule has 0 atom stereocenters. The van der Waals surface area contributed by atoms with Crippen LogP contribution < -0.4 is 0 Å². The number of hydrogen-bond acceptors (Lipinski definition) is 2. The number of halogens is 3. The van der Waals surface area contributed by atoms with Crippen LogP contribution in [0.5, 0.6) is 5.88 Å². The highest BCUT2D eigenvalue weighted by molar-refractivity contribution is 7.80. The Hall–Kier alpha value is 0.300. The van der Waals surface area contributed by atoms with E-state index in [0.29, 0.717) is 5.03 Å². The molecule has 0 fully saturated rings. The first kappa shape index (κ1) is 9.39. The van der Waals surface area contributed by atoms with Crippen LogP contribution in [0.3, 0.4) is 0 Å². The van der Waals surface area contributed by atoms with Gasteiger partial charge in [-0.25, -0.2) is 0 Å². The van der Waals surface area contributed by atoms with E-state index >= 15 is 0 Å². The summed E-state index contributed by atoms with van der Waals surface area (Å²) in [4.78, 5) is 0. The minimum absolute atomic E-state index is 0.130. The lowest BCUT2D eigenvalue weighted by Crippen LogP contribution is -2.11. The Bertz CT molecular complexity index is 248. The van der Waals surface area contributed by atoms with Gasteiger partial charge in [-0.1, -0.05) is 34.8 Å². The second kappa shape index (κ2) is 2.98. The highest BCUT2D eigenvalue weighted by atomic mass is 35.6. The number of thiol groups is 1. The van der Waals surface area contributed by atoms with Gasteiger partial charge in [0.2, 0.25) is 0 Å². The fourth-order valence-electron chi connectivity index (χ4n) is 0.675. The van der Waals surface area contributed by atoms with E-state index in [1.54, 1.807) is 0 Å². The van der Waals surface area contributed by atoms with Crippen molar-refractivity contribution in [3.63, 3.8) is 0 Å². The molecule has 62 valence electrons. The zero-order chi connectivity index (χ0) is 8.65. The molecule has 0 amide bonds. The zero-order valence-electron chi connectivity index (χ0n) is 5.13. The van der Waals surface area contributed by atoms with E-state index in [1.165, 1.54) is 12.1 Å². The summed E-state index contributed by atoms with van der Waals surface area (Å²) in [5, 5.41) is 9.52. The van der Waals surface area contributed by atoms with E-state index in [-0.39, 0.29) is 5.88 Å². The SMILES string of the molecule is Oc1ccc(S)n1C(Cl)(Cl)Cl. The van der Waals surface area contributed by atoms with Crippen molar-refractivity contribution in [2.75, 3.05) is 0 Å². The fourth-order valence-corrected chi connectivity index (χ4v) is 1.71. The molecule has 2 nitrogen and oxygen atoms in total. The van der Waals surface area contributed by atoms with Crippen LogP contribution in [0.4, 0.5) is 0 Å². The van der Waals surface area contributed by atoms with Crippen LogP contribution in [0.1, 0.15) is 0 Å². The number of aromatic nitrogens is 1. The van der Waals surface area contributed by atoms with Gasteiger partial charge in [-0.2, -0.15) is 0 Å². The van der Waals surface area contributed by atoms with Gasteiger partial charge in [0.15, 0.2) is 5.88 Å². The number of alkyl halides is 3. The van der Waals surface area contributed by atoms with Gasteiger partial charge in [0.1, 0.15) is 0 Å². The van der Waals surface area contributed by atoms with Crippen LogP contribution in [0.15, 0.2) is 17.2 Å². The van der Waals surface area contributed by atoms with E-state index in [2.05, 4.69) is 12.6 Å². The molecule has 0 saturated carbocycles. The maximum absolute atomic E-state index is 9.13. The van der Waals surface area contributed by atoms with Gasteiger partial charge in [-0.3, -0.25) is 4.57 Å². The molecule has 1 rings (SSSR count). The maximum atomic E-state index is 9.13. The topological polar surface area (TPSA) is 25.2 Å². The summed E-state index contributed by atoms with van der Waals surface area (Å²) in [6.45, 7) is 0. The lowest BCUT2D eigenvalue weighted by atomic mass is 10.7. The minimum atomic E-state index is -1.69. The fraction of sp³-hybridized carbons (Fsp3) is 0.200. The Morgan fingerprint density at radius 1 is 1.36 bits per heavy atom. The van der Waals surface area contributed by atoms with Crippen LogP contribution in [0.25, 0.3) is 0 Å². The molecule has 1 aromatic rings. The first-order valence-electron chi connectivity index (χ1n) is 2.60. The molecule has 1 heterocycles. The van der Waals surface area contributed by atoms with E-state index in [9.17, 15) is 0 Å². The number of hydrogen-bond donors (Lipinski definition) is 2. The smallest absolute Gasteiger partial charge is 0.275 e. The molecule has 0 saturated heterocycles. The van der Waals surface area contributed by atoms with Gasteiger partial charge < -0.3 is 5.11 Å². The molecule has 0 radical (unpaired) electrons. The monoisotopic (exact) mass is 231 g/mol. The molecule has 0 aliphatic heterocycles. The third-order valence-corrected chi connectivity index (χ3v) is 1.95. The van der Waals surface area contributed by atoms with Crippen molar-refractivity contribution in [1.29, 1.82) is 0 Å². The molecule has 0 spiro atoms. The second-order valence-electron chi connectivity index (χ2n) is 1.85. The molecule has 0 aliphatic rings. The normalized spacial score (nSPS) is 12.0. The first-order valence-corrected chi connectivity index (χ1v) is 4.18. The van der Waals surface area contributed by atoms with E-state index in [4.69, 9.17) is 39.9 Å². The average molecular weight is 233 g/mol. The van der Waals surface area contributed by atoms with Crippen LogP contribution >= 0.6 is 47.4 Å². The largest absolute Gasteiger partial charge is 0.494 e. The Morgan fingerprint density at radius 3 is 2.09 bits per heavy atom. The molecule has 0 bridgehead atoms. The summed E-state index contributed by atoms with van der Waals surface area (Å²) >= 11 is 20.4. The van der Waals surface area contributed by atoms with E-state index in [0.717, 1.165) is 4.57 Å². The zero-order valence-corrected chi connectivity index (χ0v) is 8.29. The van der Waals surface area contributed by atoms with E-state index < -0.39 is 3.92 Å². The van der Waals surface area contributed by atoms with Gasteiger partial charge in [-0.15, -0.1) is 12.6 Å². The summed E-state index contributed by atoms with van der Waals surface area (Å²) < 4.78 is -0.620. The molecule has 1 N–H and O–H groups in total. The summed E-state index contributed by atoms with van der Waals surface area (Å²) in [5.41, 5.74) is 0. The molecule has 0 aromatic carbocycles. The average Bonchev–Trinajstić information content (AvgIpc) is 2.08. The summed E-state index contributed by atoms with van der Waals surface area (Å²) in [6, 6.07) is 2.92. The maximum Gasteiger partial charge on any atom is 0.275 e.